The molecule has 26 heavy (non-hydrogen) atoms. The van der Waals surface area contributed by atoms with Crippen molar-refractivity contribution in [2.24, 2.45) is 5.92 Å². The fourth-order valence-corrected chi connectivity index (χ4v) is 3.00. The minimum absolute atomic E-state index is 0.0494. The van der Waals surface area contributed by atoms with Crippen LogP contribution >= 0.6 is 0 Å². The summed E-state index contributed by atoms with van der Waals surface area (Å²) in [7, 11) is 3.10. The third kappa shape index (κ3) is 3.64. The van der Waals surface area contributed by atoms with E-state index in [2.05, 4.69) is 5.32 Å². The second kappa shape index (κ2) is 7.47. The van der Waals surface area contributed by atoms with E-state index in [9.17, 15) is 9.59 Å². The summed E-state index contributed by atoms with van der Waals surface area (Å²) in [6.45, 7) is 2.35. The lowest BCUT2D eigenvalue weighted by molar-refractivity contribution is -0.122. The molecule has 0 radical (unpaired) electrons. The second-order valence-electron chi connectivity index (χ2n) is 6.30. The Labute approximate surface area is 152 Å². The van der Waals surface area contributed by atoms with Gasteiger partial charge in [0.05, 0.1) is 25.8 Å². The SMILES string of the molecule is COc1ccc(OC)c(NC(=O)[C@H]2CC(=O)N(c3ccc(C)cc3)C2)c1. The number of benzene rings is 2. The van der Waals surface area contributed by atoms with Crippen LogP contribution in [0.5, 0.6) is 11.5 Å². The van der Waals surface area contributed by atoms with Crippen molar-refractivity contribution in [2.45, 2.75) is 13.3 Å². The Bertz CT molecular complexity index is 817. The molecular formula is C20H22N2O4. The molecule has 1 N–H and O–H groups in total. The molecule has 6 heteroatoms. The lowest BCUT2D eigenvalue weighted by Crippen LogP contribution is -2.28. The van der Waals surface area contributed by atoms with E-state index in [0.29, 0.717) is 23.7 Å². The van der Waals surface area contributed by atoms with Crippen LogP contribution in [0.25, 0.3) is 0 Å². The van der Waals surface area contributed by atoms with Gasteiger partial charge in [0.1, 0.15) is 11.5 Å². The van der Waals surface area contributed by atoms with Gasteiger partial charge in [-0.05, 0) is 31.2 Å². The van der Waals surface area contributed by atoms with E-state index in [1.54, 1.807) is 30.2 Å². The number of ether oxygens (including phenoxy) is 2. The van der Waals surface area contributed by atoms with Gasteiger partial charge in [-0.3, -0.25) is 9.59 Å². The Morgan fingerprint density at radius 1 is 1.12 bits per heavy atom. The first-order chi connectivity index (χ1) is 12.5. The minimum atomic E-state index is -0.417. The van der Waals surface area contributed by atoms with Crippen LogP contribution in [0.4, 0.5) is 11.4 Å². The molecule has 136 valence electrons. The summed E-state index contributed by atoms with van der Waals surface area (Å²) in [6, 6.07) is 12.9. The zero-order chi connectivity index (χ0) is 18.7. The molecule has 1 aliphatic heterocycles. The number of carbonyl (C=O) groups excluding carboxylic acids is 2. The Hall–Kier alpha value is -3.02. The molecule has 0 aromatic heterocycles. The number of carbonyl (C=O) groups is 2. The van der Waals surface area contributed by atoms with Gasteiger partial charge in [0, 0.05) is 24.7 Å². The van der Waals surface area contributed by atoms with Crippen molar-refractivity contribution in [3.05, 3.63) is 48.0 Å². The van der Waals surface area contributed by atoms with Gasteiger partial charge in [0.2, 0.25) is 11.8 Å². The minimum Gasteiger partial charge on any atom is -0.497 e. The molecule has 1 aliphatic rings. The zero-order valence-electron chi connectivity index (χ0n) is 15.1. The van der Waals surface area contributed by atoms with E-state index in [1.165, 1.54) is 7.11 Å². The molecule has 0 unspecified atom stereocenters. The highest BCUT2D eigenvalue weighted by Crippen LogP contribution is 2.31. The van der Waals surface area contributed by atoms with Gasteiger partial charge in [-0.15, -0.1) is 0 Å². The number of nitrogens with zero attached hydrogens (tertiary/aromatic N) is 1. The number of anilines is 2. The first kappa shape index (κ1) is 17.8. The van der Waals surface area contributed by atoms with Crippen molar-refractivity contribution in [2.75, 3.05) is 31.0 Å². The van der Waals surface area contributed by atoms with Crippen LogP contribution in [0, 0.1) is 12.8 Å². The molecule has 1 atom stereocenters. The van der Waals surface area contributed by atoms with E-state index in [1.807, 2.05) is 31.2 Å². The molecular weight excluding hydrogens is 332 g/mol. The number of nitrogens with one attached hydrogen (secondary N) is 1. The highest BCUT2D eigenvalue weighted by atomic mass is 16.5. The Balaban J connectivity index is 1.73. The van der Waals surface area contributed by atoms with Crippen molar-refractivity contribution in [1.82, 2.24) is 0 Å². The lowest BCUT2D eigenvalue weighted by Gasteiger charge is -2.17. The first-order valence-electron chi connectivity index (χ1n) is 8.41. The number of hydrogen-bond acceptors (Lipinski definition) is 4. The molecule has 3 rings (SSSR count). The maximum atomic E-state index is 12.7. The number of rotatable bonds is 5. The average Bonchev–Trinajstić information content (AvgIpc) is 3.04. The van der Waals surface area contributed by atoms with E-state index < -0.39 is 5.92 Å². The maximum Gasteiger partial charge on any atom is 0.229 e. The van der Waals surface area contributed by atoms with Crippen molar-refractivity contribution in [3.8, 4) is 11.5 Å². The van der Waals surface area contributed by atoms with Crippen molar-refractivity contribution in [1.29, 1.82) is 0 Å². The highest BCUT2D eigenvalue weighted by Gasteiger charge is 2.35. The lowest BCUT2D eigenvalue weighted by atomic mass is 10.1. The molecule has 1 fully saturated rings. The monoisotopic (exact) mass is 354 g/mol. The summed E-state index contributed by atoms with van der Waals surface area (Å²) in [5.74, 6) is 0.481. The zero-order valence-corrected chi connectivity index (χ0v) is 15.1. The van der Waals surface area contributed by atoms with Crippen molar-refractivity contribution >= 4 is 23.2 Å². The van der Waals surface area contributed by atoms with Gasteiger partial charge in [-0.1, -0.05) is 17.7 Å². The molecule has 2 aromatic carbocycles. The van der Waals surface area contributed by atoms with Crippen molar-refractivity contribution < 1.29 is 19.1 Å². The van der Waals surface area contributed by atoms with Gasteiger partial charge in [-0.25, -0.2) is 0 Å². The predicted octanol–water partition coefficient (Wildman–Crippen LogP) is 3.00. The van der Waals surface area contributed by atoms with Crippen molar-refractivity contribution in [3.63, 3.8) is 0 Å². The fourth-order valence-electron chi connectivity index (χ4n) is 3.00. The Morgan fingerprint density at radius 2 is 1.85 bits per heavy atom. The summed E-state index contributed by atoms with van der Waals surface area (Å²) >= 11 is 0. The molecule has 1 heterocycles. The third-order valence-electron chi connectivity index (χ3n) is 4.51. The van der Waals surface area contributed by atoms with E-state index >= 15 is 0 Å². The average molecular weight is 354 g/mol. The van der Waals surface area contributed by atoms with Crippen LogP contribution in [0.15, 0.2) is 42.5 Å². The smallest absolute Gasteiger partial charge is 0.229 e. The number of methoxy groups -OCH3 is 2. The van der Waals surface area contributed by atoms with Crippen LogP contribution in [0.1, 0.15) is 12.0 Å². The Morgan fingerprint density at radius 3 is 2.50 bits per heavy atom. The number of hydrogen-bond donors (Lipinski definition) is 1. The predicted molar refractivity (Wildman–Crippen MR) is 99.8 cm³/mol. The van der Waals surface area contributed by atoms with Crippen LogP contribution in [0.2, 0.25) is 0 Å². The third-order valence-corrected chi connectivity index (χ3v) is 4.51. The first-order valence-corrected chi connectivity index (χ1v) is 8.41. The molecule has 0 spiro atoms. The number of amides is 2. The molecule has 2 amide bonds. The summed E-state index contributed by atoms with van der Waals surface area (Å²) in [5, 5.41) is 2.86. The van der Waals surface area contributed by atoms with E-state index in [0.717, 1.165) is 11.3 Å². The molecule has 2 aromatic rings. The van der Waals surface area contributed by atoms with Gasteiger partial charge in [0.25, 0.3) is 0 Å². The van der Waals surface area contributed by atoms with Gasteiger partial charge in [-0.2, -0.15) is 0 Å². The molecule has 0 aliphatic carbocycles. The van der Waals surface area contributed by atoms with Crippen LogP contribution in [-0.4, -0.2) is 32.6 Å². The normalized spacial score (nSPS) is 16.5. The Kier molecular flexibility index (Phi) is 5.11. The molecule has 0 saturated carbocycles. The van der Waals surface area contributed by atoms with Crippen LogP contribution in [-0.2, 0) is 9.59 Å². The largest absolute Gasteiger partial charge is 0.497 e. The summed E-state index contributed by atoms with van der Waals surface area (Å²) < 4.78 is 10.5. The topological polar surface area (TPSA) is 67.9 Å². The maximum absolute atomic E-state index is 12.7. The quantitative estimate of drug-likeness (QED) is 0.896. The molecule has 1 saturated heterocycles. The standard InChI is InChI=1S/C20H22N2O4/c1-13-4-6-15(7-5-13)22-12-14(10-19(22)23)20(24)21-17-11-16(25-2)8-9-18(17)26-3/h4-9,11,14H,10,12H2,1-3H3,(H,21,24)/t14-/m0/s1. The van der Waals surface area contributed by atoms with Gasteiger partial charge < -0.3 is 19.7 Å². The second-order valence-corrected chi connectivity index (χ2v) is 6.30. The highest BCUT2D eigenvalue weighted by molar-refractivity contribution is 6.04. The molecule has 6 nitrogen and oxygen atoms in total. The summed E-state index contributed by atoms with van der Waals surface area (Å²) in [5.41, 5.74) is 2.47. The van der Waals surface area contributed by atoms with Crippen LogP contribution < -0.4 is 19.7 Å². The van der Waals surface area contributed by atoms with E-state index in [-0.39, 0.29) is 18.2 Å². The summed E-state index contributed by atoms with van der Waals surface area (Å²) in [4.78, 5) is 26.7. The fraction of sp³-hybridized carbons (Fsp3) is 0.300. The summed E-state index contributed by atoms with van der Waals surface area (Å²) in [6.07, 6.45) is 0.187. The number of aryl methyl sites for hydroxylation is 1. The van der Waals surface area contributed by atoms with Crippen LogP contribution in [0.3, 0.4) is 0 Å². The van der Waals surface area contributed by atoms with Gasteiger partial charge in [0.15, 0.2) is 0 Å². The molecule has 0 bridgehead atoms. The van der Waals surface area contributed by atoms with E-state index in [4.69, 9.17) is 9.47 Å². The van der Waals surface area contributed by atoms with Gasteiger partial charge >= 0.3 is 0 Å².